The minimum absolute atomic E-state index is 0.0110. The van der Waals surface area contributed by atoms with E-state index < -0.39 is 114 Å². The zero-order chi connectivity index (χ0) is 72.9. The number of ether oxygens (including phenoxy) is 8. The number of amides is 6. The van der Waals surface area contributed by atoms with Gasteiger partial charge in [0.05, 0.1) is 66.3 Å². The monoisotopic (exact) mass is 1450 g/mol. The van der Waals surface area contributed by atoms with Gasteiger partial charge in [0.15, 0.2) is 12.6 Å². The summed E-state index contributed by atoms with van der Waals surface area (Å²) in [5, 5.41) is 57.1. The van der Waals surface area contributed by atoms with E-state index in [0.717, 1.165) is 25.0 Å². The predicted octanol–water partition coefficient (Wildman–Crippen LogP) is 6.22. The number of cyclic esters (lactones) is 1. The quantitative estimate of drug-likeness (QED) is 0.00717. The van der Waals surface area contributed by atoms with Crippen molar-refractivity contribution in [2.45, 2.75) is 254 Å². The first-order chi connectivity index (χ1) is 46.9. The SMILES string of the molecule is CC[C@H]1OC(=O)[C@H](C)[C@@H](O[C@H]2C[C@@](C)(OC)[C@@H](O)[C@H](C)O2)[C@H](C)[C@@H](O[C@@H]2O[C@H](C)C[C@H](N(C)C)[C@H]2O)[C@](C)(OC)C[C@@H](C)C(=O)[C@H](C)[C@@H](OCCNC(=O)CCSSCCNC(=O)C(CCCCNC(=O)CCCCC2SCC3NC(=O)NC32)NC(=O)c2ccc(N=[N+]=[N-])cc2)[C@]1(C)O. The second-order valence-electron chi connectivity index (χ2n) is 28.0. The van der Waals surface area contributed by atoms with Crippen LogP contribution < -0.4 is 31.9 Å². The number of aliphatic hydroxyl groups excluding tert-OH is 2. The van der Waals surface area contributed by atoms with Gasteiger partial charge in [-0.1, -0.05) is 73.0 Å². The molecule has 9 N–H and O–H groups in total. The van der Waals surface area contributed by atoms with Crippen LogP contribution in [0, 0.1) is 23.7 Å². The van der Waals surface area contributed by atoms with Crippen LogP contribution in [0.2, 0.25) is 0 Å². The van der Waals surface area contributed by atoms with Gasteiger partial charge in [0.2, 0.25) is 17.7 Å². The number of ketones is 1. The van der Waals surface area contributed by atoms with Crippen molar-refractivity contribution >= 4 is 80.4 Å². The molecular weight excluding hydrogens is 1340 g/mol. The van der Waals surface area contributed by atoms with Gasteiger partial charge in [-0.05, 0) is 125 Å². The third kappa shape index (κ3) is 23.2. The number of likely N-dealkylation sites (N-methyl/N-ethyl adjacent to an activating group) is 1. The summed E-state index contributed by atoms with van der Waals surface area (Å²) < 4.78 is 51.5. The van der Waals surface area contributed by atoms with Crippen molar-refractivity contribution in [3.05, 3.63) is 40.3 Å². The Balaban J connectivity index is 1.03. The molecule has 99 heavy (non-hydrogen) atoms. The molecule has 0 spiro atoms. The van der Waals surface area contributed by atoms with Crippen LogP contribution in [0.15, 0.2) is 29.4 Å². The molecule has 1 aromatic carbocycles. The number of aliphatic hydroxyl groups is 3. The number of unbranched alkanes of at least 4 members (excludes halogenated alkanes) is 2. The van der Waals surface area contributed by atoms with Gasteiger partial charge >= 0.3 is 12.0 Å². The average molecular weight is 1450 g/mol. The average Bonchev–Trinajstić information content (AvgIpc) is 1.35. The van der Waals surface area contributed by atoms with E-state index in [0.29, 0.717) is 61.1 Å². The number of Topliss-reactive ketones (excluding diaryl/α,β-unsaturated/α-hetero) is 1. The Morgan fingerprint density at radius 1 is 0.838 bits per heavy atom. The minimum Gasteiger partial charge on any atom is -0.459 e. The lowest BCUT2D eigenvalue weighted by Crippen LogP contribution is -2.61. The van der Waals surface area contributed by atoms with Crippen LogP contribution >= 0.6 is 33.3 Å². The zero-order valence-corrected chi connectivity index (χ0v) is 62.6. The van der Waals surface area contributed by atoms with Crippen LogP contribution in [0.1, 0.15) is 157 Å². The fourth-order valence-corrected chi connectivity index (χ4v) is 17.7. The number of thioether (sulfide) groups is 1. The Kier molecular flexibility index (Phi) is 33.1. The summed E-state index contributed by atoms with van der Waals surface area (Å²) in [7, 11) is 9.62. The molecule has 5 saturated heterocycles. The summed E-state index contributed by atoms with van der Waals surface area (Å²) in [6, 6.07) is 4.94. The van der Waals surface area contributed by atoms with E-state index in [1.807, 2.05) is 44.6 Å². The van der Waals surface area contributed by atoms with Crippen molar-refractivity contribution < 1.29 is 86.8 Å². The van der Waals surface area contributed by atoms with Crippen LogP contribution in [0.4, 0.5) is 10.5 Å². The van der Waals surface area contributed by atoms with E-state index >= 15 is 0 Å². The number of esters is 1. The number of hydrogen-bond donors (Lipinski definition) is 9. The molecule has 22 atom stereocenters. The van der Waals surface area contributed by atoms with E-state index in [4.69, 9.17) is 43.4 Å². The van der Waals surface area contributed by atoms with E-state index in [1.54, 1.807) is 48.5 Å². The summed E-state index contributed by atoms with van der Waals surface area (Å²) >= 11 is 1.85. The highest BCUT2D eigenvalue weighted by molar-refractivity contribution is 8.76. The molecule has 5 aliphatic heterocycles. The van der Waals surface area contributed by atoms with Crippen LogP contribution in [0.25, 0.3) is 10.4 Å². The van der Waals surface area contributed by atoms with Gasteiger partial charge in [-0.25, -0.2) is 4.79 Å². The van der Waals surface area contributed by atoms with Crippen molar-refractivity contribution in [3.63, 3.8) is 0 Å². The number of nitrogens with zero attached hydrogens (tertiary/aromatic N) is 4. The van der Waals surface area contributed by atoms with Gasteiger partial charge in [0.1, 0.15) is 35.7 Å². The van der Waals surface area contributed by atoms with E-state index in [9.17, 15) is 48.9 Å². The number of carbonyl (C=O) groups is 7. The van der Waals surface area contributed by atoms with Crippen molar-refractivity contribution in [1.29, 1.82) is 0 Å². The Morgan fingerprint density at radius 2 is 1.53 bits per heavy atom. The fourth-order valence-electron chi connectivity index (χ4n) is 14.2. The first-order valence-electron chi connectivity index (χ1n) is 34.9. The lowest BCUT2D eigenvalue weighted by Gasteiger charge is -2.50. The van der Waals surface area contributed by atoms with Gasteiger partial charge in [-0.3, -0.25) is 28.8 Å². The molecule has 6 rings (SSSR count). The summed E-state index contributed by atoms with van der Waals surface area (Å²) in [5.74, 6) is -4.12. The zero-order valence-electron chi connectivity index (χ0n) is 60.2. The predicted molar refractivity (Wildman–Crippen MR) is 378 cm³/mol. The summed E-state index contributed by atoms with van der Waals surface area (Å²) in [4.78, 5) is 99.2. The molecule has 5 aliphatic rings. The highest BCUT2D eigenvalue weighted by Crippen LogP contribution is 2.43. The molecular formula is C68H112N10O18S3. The molecule has 0 aromatic heterocycles. The summed E-state index contributed by atoms with van der Waals surface area (Å²) in [5.41, 5.74) is 5.00. The fraction of sp³-hybridized carbons (Fsp3) is 0.809. The van der Waals surface area contributed by atoms with E-state index in [2.05, 4.69) is 41.9 Å². The Bertz CT molecular complexity index is 2850. The number of carbonyl (C=O) groups excluding carboxylic acids is 7. The summed E-state index contributed by atoms with van der Waals surface area (Å²) in [6.45, 7) is 17.8. The largest absolute Gasteiger partial charge is 0.459 e. The number of urea groups is 1. The number of hydrogen-bond acceptors (Lipinski definition) is 23. The Hall–Kier alpha value is -4.57. The van der Waals surface area contributed by atoms with Crippen LogP contribution in [0.3, 0.4) is 0 Å². The van der Waals surface area contributed by atoms with Crippen molar-refractivity contribution in [2.24, 2.45) is 28.8 Å². The molecule has 0 radical (unpaired) electrons. The van der Waals surface area contributed by atoms with Gasteiger partial charge in [-0.2, -0.15) is 11.8 Å². The normalized spacial score (nSPS) is 34.7. The van der Waals surface area contributed by atoms with Crippen molar-refractivity contribution in [1.82, 2.24) is 36.8 Å². The van der Waals surface area contributed by atoms with Crippen molar-refractivity contribution in [3.8, 4) is 0 Å². The van der Waals surface area contributed by atoms with Gasteiger partial charge in [-0.15, -0.1) is 0 Å². The second-order valence-corrected chi connectivity index (χ2v) is 32.0. The van der Waals surface area contributed by atoms with E-state index in [-0.39, 0.29) is 105 Å². The van der Waals surface area contributed by atoms with Gasteiger partial charge in [0.25, 0.3) is 5.91 Å². The first kappa shape index (κ1) is 83.4. The minimum atomic E-state index is -1.97. The molecule has 1 aromatic rings. The van der Waals surface area contributed by atoms with E-state index in [1.165, 1.54) is 67.0 Å². The van der Waals surface area contributed by atoms with Gasteiger partial charge < -0.3 is 90.0 Å². The number of azide groups is 1. The molecule has 0 aliphatic carbocycles. The van der Waals surface area contributed by atoms with Crippen LogP contribution in [0.5, 0.6) is 0 Å². The number of rotatable bonds is 33. The Labute approximate surface area is 595 Å². The molecule has 560 valence electrons. The molecule has 5 fully saturated rings. The Morgan fingerprint density at radius 3 is 2.20 bits per heavy atom. The molecule has 5 heterocycles. The topological polar surface area (TPSA) is 378 Å². The maximum absolute atomic E-state index is 15.0. The third-order valence-electron chi connectivity index (χ3n) is 20.2. The second kappa shape index (κ2) is 39.3. The highest BCUT2D eigenvalue weighted by Gasteiger charge is 2.55. The molecule has 28 nitrogen and oxygen atoms in total. The van der Waals surface area contributed by atoms with Crippen LogP contribution in [-0.2, 0) is 61.9 Å². The number of nitrogens with one attached hydrogen (secondary N) is 6. The number of fused-ring (bicyclic) bond motifs is 1. The molecule has 0 saturated carbocycles. The first-order valence-corrected chi connectivity index (χ1v) is 38.5. The lowest BCUT2D eigenvalue weighted by atomic mass is 9.73. The molecule has 4 unspecified atom stereocenters. The molecule has 0 bridgehead atoms. The number of benzene rings is 1. The maximum Gasteiger partial charge on any atom is 0.315 e. The standard InChI is InChI=1S/C68H112N10O18S3/c1-15-50-68(10,88)60(40(4)55(81)38(2)35-67(9,90-14)59(96-64-56(82)48(78(11)12)34-39(3)92-64)41(5)57(42(6)63(86)94-50)95-53-36-66(8,89-13)58(83)43(7)93-53)91-31-29-71-52(80)27-32-98-99-33-30-72-62(85)46(73-61(84)44-23-25-45(26-24-44)76-77-69)20-18-19-28-70-51(79)22-17-16-21-49-54-47(37-97-49)74-65(87)75-54/h23-26,38-43,46-50,53-54,56-60,64,82-83,88H,15-22,27-37H2,1-14H3,(H,70,79)(H,71,80)(H,72,85)(H,73,84)(H2,74,75,87)/t38-,39-,40+,41+,42-,43+,46?,47?,48+,49?,50-,53+,54?,56-,57+,58+,59-,60-,64+,66-,67-,68-/m1/s1. The highest BCUT2D eigenvalue weighted by atomic mass is 33.1. The lowest BCUT2D eigenvalue weighted by molar-refractivity contribution is -0.319. The van der Waals surface area contributed by atoms with Crippen LogP contribution in [-0.4, -0.2) is 241 Å². The third-order valence-corrected chi connectivity index (χ3v) is 24.1. The molecule has 31 heteroatoms. The smallest absolute Gasteiger partial charge is 0.315 e. The number of methoxy groups -OCH3 is 2. The van der Waals surface area contributed by atoms with Gasteiger partial charge in [0, 0.05) is 116 Å². The maximum atomic E-state index is 15.0. The molecule has 6 amide bonds. The van der Waals surface area contributed by atoms with Crippen molar-refractivity contribution in [2.75, 3.05) is 71.8 Å². The summed E-state index contributed by atoms with van der Waals surface area (Å²) in [6.07, 6.45) is -4.81.